The molecule has 3 rings (SSSR count). The molecule has 0 aliphatic heterocycles. The Balaban J connectivity index is 1.75. The van der Waals surface area contributed by atoms with Crippen LogP contribution in [0, 0.1) is 0 Å². The predicted octanol–water partition coefficient (Wildman–Crippen LogP) is 5.14. The van der Waals surface area contributed by atoms with Crippen molar-refractivity contribution in [1.82, 2.24) is 19.7 Å². The van der Waals surface area contributed by atoms with E-state index in [0.29, 0.717) is 18.3 Å². The third-order valence-corrected chi connectivity index (χ3v) is 6.85. The van der Waals surface area contributed by atoms with Gasteiger partial charge >= 0.3 is 0 Å². The fourth-order valence-electron chi connectivity index (χ4n) is 4.52. The Hall–Kier alpha value is -2.22. The van der Waals surface area contributed by atoms with Gasteiger partial charge in [-0.15, -0.1) is 10.2 Å². The molecule has 0 atom stereocenters. The minimum Gasteiger partial charge on any atom is -0.497 e. The highest BCUT2D eigenvalue weighted by atomic mass is 32.2. The fraction of sp³-hybridized carbons (Fsp3) is 0.625. The van der Waals surface area contributed by atoms with Crippen LogP contribution in [0.15, 0.2) is 29.4 Å². The number of hydrogen-bond donors (Lipinski definition) is 1. The van der Waals surface area contributed by atoms with Crippen LogP contribution in [0.5, 0.6) is 5.75 Å². The summed E-state index contributed by atoms with van der Waals surface area (Å²) >= 11 is 1.51. The Morgan fingerprint density at radius 2 is 1.91 bits per heavy atom. The maximum atomic E-state index is 12.9. The highest BCUT2D eigenvalue weighted by molar-refractivity contribution is 7.99. The number of methoxy groups -OCH3 is 1. The summed E-state index contributed by atoms with van der Waals surface area (Å²) in [7, 11) is 1.67. The van der Waals surface area contributed by atoms with Crippen LogP contribution >= 0.6 is 11.8 Å². The van der Waals surface area contributed by atoms with Gasteiger partial charge in [-0.3, -0.25) is 4.79 Å². The molecule has 7 nitrogen and oxygen atoms in total. The Labute approximate surface area is 196 Å². The first-order valence-corrected chi connectivity index (χ1v) is 12.6. The molecule has 0 radical (unpaired) electrons. The number of hydrogen-bond acceptors (Lipinski definition) is 6. The van der Waals surface area contributed by atoms with E-state index in [1.54, 1.807) is 7.11 Å². The second-order valence-electron chi connectivity index (χ2n) is 8.92. The van der Waals surface area contributed by atoms with Crippen molar-refractivity contribution in [2.75, 3.05) is 18.2 Å². The van der Waals surface area contributed by atoms with Crippen LogP contribution in [-0.4, -0.2) is 50.5 Å². The number of ether oxygens (including phenoxy) is 1. The summed E-state index contributed by atoms with van der Waals surface area (Å²) in [6, 6.07) is 8.65. The Bertz CT molecular complexity index is 869. The molecule has 0 saturated heterocycles. The molecule has 1 aromatic carbocycles. The summed E-state index contributed by atoms with van der Waals surface area (Å²) in [4.78, 5) is 14.8. The molecule has 1 aliphatic rings. The minimum atomic E-state index is 0.147. The molecule has 0 unspecified atom stereocenters. The second-order valence-corrected chi connectivity index (χ2v) is 9.87. The van der Waals surface area contributed by atoms with Gasteiger partial charge in [0.2, 0.25) is 5.91 Å². The molecule has 0 bridgehead atoms. The molecule has 1 fully saturated rings. The molecule has 1 aliphatic carbocycles. The van der Waals surface area contributed by atoms with Crippen molar-refractivity contribution >= 4 is 23.4 Å². The summed E-state index contributed by atoms with van der Waals surface area (Å²) in [5, 5.41) is 13.3. The molecular formula is C24H37N5O2S. The predicted molar refractivity (Wildman–Crippen MR) is 130 cm³/mol. The highest BCUT2D eigenvalue weighted by Gasteiger charge is 2.25. The highest BCUT2D eigenvalue weighted by Crippen LogP contribution is 2.33. The molecule has 1 saturated carbocycles. The van der Waals surface area contributed by atoms with Gasteiger partial charge in [-0.1, -0.05) is 37.1 Å². The van der Waals surface area contributed by atoms with Gasteiger partial charge in [0.25, 0.3) is 0 Å². The van der Waals surface area contributed by atoms with Crippen molar-refractivity contribution < 1.29 is 9.53 Å². The average molecular weight is 460 g/mol. The molecular weight excluding hydrogens is 422 g/mol. The van der Waals surface area contributed by atoms with Gasteiger partial charge in [0.1, 0.15) is 5.75 Å². The van der Waals surface area contributed by atoms with Gasteiger partial charge in [-0.2, -0.15) is 0 Å². The summed E-state index contributed by atoms with van der Waals surface area (Å²) < 4.78 is 7.60. The largest absolute Gasteiger partial charge is 0.497 e. The van der Waals surface area contributed by atoms with Crippen molar-refractivity contribution in [2.45, 2.75) is 89.6 Å². The lowest BCUT2D eigenvalue weighted by Crippen LogP contribution is -2.43. The van der Waals surface area contributed by atoms with Crippen LogP contribution in [-0.2, 0) is 11.3 Å². The van der Waals surface area contributed by atoms with E-state index in [-0.39, 0.29) is 18.0 Å². The van der Waals surface area contributed by atoms with Crippen LogP contribution < -0.4 is 10.1 Å². The molecule has 1 aromatic heterocycles. The molecule has 2 aromatic rings. The van der Waals surface area contributed by atoms with Gasteiger partial charge in [0.05, 0.1) is 19.4 Å². The van der Waals surface area contributed by atoms with Gasteiger partial charge in [-0.05, 0) is 52.7 Å². The van der Waals surface area contributed by atoms with Crippen LogP contribution in [0.1, 0.15) is 71.7 Å². The lowest BCUT2D eigenvalue weighted by molar-refractivity contribution is -0.131. The number of thioether (sulfide) groups is 1. The van der Waals surface area contributed by atoms with Gasteiger partial charge in [0.15, 0.2) is 11.0 Å². The second kappa shape index (κ2) is 11.6. The third kappa shape index (κ3) is 6.18. The van der Waals surface area contributed by atoms with E-state index in [0.717, 1.165) is 35.3 Å². The van der Waals surface area contributed by atoms with E-state index in [1.165, 1.54) is 31.0 Å². The van der Waals surface area contributed by atoms with Crippen LogP contribution in [0.2, 0.25) is 0 Å². The van der Waals surface area contributed by atoms with Gasteiger partial charge in [-0.25, -0.2) is 0 Å². The third-order valence-electron chi connectivity index (χ3n) is 5.92. The first-order valence-electron chi connectivity index (χ1n) is 11.7. The van der Waals surface area contributed by atoms with Gasteiger partial charge < -0.3 is 19.5 Å². The number of amides is 1. The summed E-state index contributed by atoms with van der Waals surface area (Å²) in [5.41, 5.74) is 0.983. The van der Waals surface area contributed by atoms with Crippen molar-refractivity contribution in [3.63, 3.8) is 0 Å². The summed E-state index contributed by atoms with van der Waals surface area (Å²) in [6.45, 7) is 8.84. The summed E-state index contributed by atoms with van der Waals surface area (Å²) in [6.07, 6.45) is 6.01. The minimum absolute atomic E-state index is 0.147. The fourth-order valence-corrected chi connectivity index (χ4v) is 5.41. The molecule has 1 N–H and O–H groups in total. The quantitative estimate of drug-likeness (QED) is 0.496. The van der Waals surface area contributed by atoms with E-state index >= 15 is 0 Å². The number of benzene rings is 1. The summed E-state index contributed by atoms with van der Waals surface area (Å²) in [5.74, 6) is 2.26. The lowest BCUT2D eigenvalue weighted by atomic mass is 9.95. The van der Waals surface area contributed by atoms with Crippen molar-refractivity contribution in [2.24, 2.45) is 0 Å². The topological polar surface area (TPSA) is 72.3 Å². The van der Waals surface area contributed by atoms with Crippen LogP contribution in [0.4, 0.5) is 5.69 Å². The van der Waals surface area contributed by atoms with E-state index in [4.69, 9.17) is 4.74 Å². The van der Waals surface area contributed by atoms with E-state index in [9.17, 15) is 4.79 Å². The standard InChI is InChI=1S/C24H37N5O2S/c1-17(2)28(18(3)4)23(30)16-32-24-27-26-22(29(24)20-11-7-6-8-12-20)15-25-19-10-9-13-21(14-19)31-5/h9-10,13-14,17-18,20,25H,6-8,11-12,15-16H2,1-5H3. The van der Waals surface area contributed by atoms with Crippen molar-refractivity contribution in [1.29, 1.82) is 0 Å². The number of nitrogens with zero attached hydrogens (tertiary/aromatic N) is 4. The number of anilines is 1. The molecule has 1 heterocycles. The van der Waals surface area contributed by atoms with E-state index < -0.39 is 0 Å². The number of rotatable bonds is 10. The molecule has 1 amide bonds. The Morgan fingerprint density at radius 1 is 1.19 bits per heavy atom. The monoisotopic (exact) mass is 459 g/mol. The Morgan fingerprint density at radius 3 is 2.56 bits per heavy atom. The van der Waals surface area contributed by atoms with Crippen molar-refractivity contribution in [3.05, 3.63) is 30.1 Å². The number of carbonyl (C=O) groups is 1. The number of aromatic nitrogens is 3. The van der Waals surface area contributed by atoms with Gasteiger partial charge in [0, 0.05) is 29.9 Å². The zero-order valence-electron chi connectivity index (χ0n) is 20.0. The maximum absolute atomic E-state index is 12.9. The normalized spacial score (nSPS) is 14.7. The smallest absolute Gasteiger partial charge is 0.233 e. The first kappa shape index (κ1) is 24.4. The van der Waals surface area contributed by atoms with Crippen molar-refractivity contribution in [3.8, 4) is 5.75 Å². The maximum Gasteiger partial charge on any atom is 0.233 e. The van der Waals surface area contributed by atoms with E-state index in [1.807, 2.05) is 29.2 Å². The first-order chi connectivity index (χ1) is 15.4. The lowest BCUT2D eigenvalue weighted by Gasteiger charge is -2.31. The molecule has 8 heteroatoms. The zero-order chi connectivity index (χ0) is 23.1. The zero-order valence-corrected chi connectivity index (χ0v) is 20.8. The molecule has 0 spiro atoms. The molecule has 176 valence electrons. The molecule has 32 heavy (non-hydrogen) atoms. The van der Waals surface area contributed by atoms with Crippen LogP contribution in [0.3, 0.4) is 0 Å². The SMILES string of the molecule is COc1cccc(NCc2nnc(SCC(=O)N(C(C)C)C(C)C)n2C2CCCCC2)c1. The number of nitrogens with one attached hydrogen (secondary N) is 1. The van der Waals surface area contributed by atoms with Crippen LogP contribution in [0.25, 0.3) is 0 Å². The number of carbonyl (C=O) groups excluding carboxylic acids is 1. The Kier molecular flexibility index (Phi) is 8.84. The van der Waals surface area contributed by atoms with E-state index in [2.05, 4.69) is 47.8 Å². The average Bonchev–Trinajstić information content (AvgIpc) is 3.19.